The molecule has 0 N–H and O–H groups in total. The van der Waals surface area contributed by atoms with Gasteiger partial charge in [-0.2, -0.15) is 0 Å². The summed E-state index contributed by atoms with van der Waals surface area (Å²) in [5.41, 5.74) is 0.811. The zero-order valence-corrected chi connectivity index (χ0v) is 15.1. The number of amides is 1. The van der Waals surface area contributed by atoms with Crippen LogP contribution in [-0.2, 0) is 4.79 Å². The SMILES string of the molecule is CC(C)CN(C(=O)C1CCN(c2ccccc2[N+](=O)[O-])CC1)C1CC1. The Balaban J connectivity index is 1.63. The average Bonchev–Trinajstić information content (AvgIpc) is 3.44. The van der Waals surface area contributed by atoms with Crippen LogP contribution in [0.15, 0.2) is 24.3 Å². The highest BCUT2D eigenvalue weighted by Gasteiger charge is 2.37. The number of hydrogen-bond acceptors (Lipinski definition) is 4. The van der Waals surface area contributed by atoms with Crippen LogP contribution in [-0.4, -0.2) is 41.4 Å². The summed E-state index contributed by atoms with van der Waals surface area (Å²) < 4.78 is 0. The molecule has 25 heavy (non-hydrogen) atoms. The van der Waals surface area contributed by atoms with Crippen molar-refractivity contribution >= 4 is 17.3 Å². The van der Waals surface area contributed by atoms with E-state index in [1.807, 2.05) is 11.0 Å². The zero-order valence-electron chi connectivity index (χ0n) is 15.1. The topological polar surface area (TPSA) is 66.7 Å². The summed E-state index contributed by atoms with van der Waals surface area (Å²) in [6.45, 7) is 6.54. The number of para-hydroxylation sites is 2. The Morgan fingerprint density at radius 2 is 1.88 bits per heavy atom. The van der Waals surface area contributed by atoms with Gasteiger partial charge in [0.05, 0.1) is 4.92 Å². The zero-order chi connectivity index (χ0) is 18.0. The van der Waals surface area contributed by atoms with Gasteiger partial charge in [-0.05, 0) is 37.7 Å². The molecule has 136 valence electrons. The summed E-state index contributed by atoms with van der Waals surface area (Å²) in [6, 6.07) is 7.32. The maximum Gasteiger partial charge on any atom is 0.292 e. The molecule has 1 aliphatic heterocycles. The number of nitro benzene ring substituents is 1. The Morgan fingerprint density at radius 1 is 1.24 bits per heavy atom. The smallest absolute Gasteiger partial charge is 0.292 e. The number of carbonyl (C=O) groups is 1. The lowest BCUT2D eigenvalue weighted by atomic mass is 9.94. The Hall–Kier alpha value is -2.11. The molecule has 0 atom stereocenters. The average molecular weight is 345 g/mol. The van der Waals surface area contributed by atoms with Crippen molar-refractivity contribution in [3.8, 4) is 0 Å². The van der Waals surface area contributed by atoms with E-state index >= 15 is 0 Å². The van der Waals surface area contributed by atoms with Gasteiger partial charge in [0.1, 0.15) is 5.69 Å². The van der Waals surface area contributed by atoms with Crippen LogP contribution in [0.1, 0.15) is 39.5 Å². The third-order valence-corrected chi connectivity index (χ3v) is 5.10. The molecule has 2 fully saturated rings. The van der Waals surface area contributed by atoms with Gasteiger partial charge in [-0.15, -0.1) is 0 Å². The molecule has 0 unspecified atom stereocenters. The largest absolute Gasteiger partial charge is 0.366 e. The molecular weight excluding hydrogens is 318 g/mol. The van der Waals surface area contributed by atoms with Gasteiger partial charge in [0.2, 0.25) is 5.91 Å². The molecule has 1 aromatic rings. The van der Waals surface area contributed by atoms with Crippen LogP contribution >= 0.6 is 0 Å². The number of benzene rings is 1. The lowest BCUT2D eigenvalue weighted by molar-refractivity contribution is -0.384. The van der Waals surface area contributed by atoms with Crippen LogP contribution in [0.4, 0.5) is 11.4 Å². The van der Waals surface area contributed by atoms with Crippen LogP contribution in [0, 0.1) is 22.0 Å². The molecule has 0 bridgehead atoms. The van der Waals surface area contributed by atoms with Gasteiger partial charge < -0.3 is 9.80 Å². The molecule has 3 rings (SSSR count). The van der Waals surface area contributed by atoms with Crippen molar-refractivity contribution in [3.05, 3.63) is 34.4 Å². The lowest BCUT2D eigenvalue weighted by Crippen LogP contribution is -2.44. The molecule has 6 nitrogen and oxygen atoms in total. The van der Waals surface area contributed by atoms with Crippen molar-refractivity contribution in [2.45, 2.75) is 45.6 Å². The minimum atomic E-state index is -0.329. The van der Waals surface area contributed by atoms with Crippen molar-refractivity contribution in [1.82, 2.24) is 4.90 Å². The molecule has 1 heterocycles. The molecule has 1 aliphatic carbocycles. The second-order valence-corrected chi connectivity index (χ2v) is 7.62. The molecule has 2 aliphatic rings. The second kappa shape index (κ2) is 7.42. The second-order valence-electron chi connectivity index (χ2n) is 7.62. The van der Waals surface area contributed by atoms with E-state index in [1.54, 1.807) is 18.2 Å². The first-order chi connectivity index (χ1) is 12.0. The fourth-order valence-electron chi connectivity index (χ4n) is 3.69. The van der Waals surface area contributed by atoms with E-state index in [4.69, 9.17) is 0 Å². The fraction of sp³-hybridized carbons (Fsp3) is 0.632. The number of nitro groups is 1. The first kappa shape index (κ1) is 17.7. The van der Waals surface area contributed by atoms with E-state index in [2.05, 4.69) is 18.7 Å². The molecule has 6 heteroatoms. The van der Waals surface area contributed by atoms with Gasteiger partial charge in [-0.3, -0.25) is 14.9 Å². The third-order valence-electron chi connectivity index (χ3n) is 5.10. The van der Waals surface area contributed by atoms with Crippen molar-refractivity contribution < 1.29 is 9.72 Å². The first-order valence-electron chi connectivity index (χ1n) is 9.26. The van der Waals surface area contributed by atoms with Crippen LogP contribution < -0.4 is 4.90 Å². The molecule has 0 radical (unpaired) electrons. The summed E-state index contributed by atoms with van der Waals surface area (Å²) in [6.07, 6.45) is 3.80. The Morgan fingerprint density at radius 3 is 2.44 bits per heavy atom. The maximum atomic E-state index is 12.9. The predicted molar refractivity (Wildman–Crippen MR) is 97.6 cm³/mol. The van der Waals surface area contributed by atoms with Gasteiger partial charge in [-0.25, -0.2) is 0 Å². The highest BCUT2D eigenvalue weighted by Crippen LogP contribution is 2.34. The van der Waals surface area contributed by atoms with E-state index in [1.165, 1.54) is 0 Å². The molecule has 1 saturated carbocycles. The number of hydrogen-bond donors (Lipinski definition) is 0. The van der Waals surface area contributed by atoms with Gasteiger partial charge in [0, 0.05) is 37.7 Å². The standard InChI is InChI=1S/C19H27N3O3/c1-14(2)13-21(16-7-8-16)19(23)15-9-11-20(12-10-15)17-5-3-4-6-18(17)22(24)25/h3-6,14-16H,7-13H2,1-2H3. The third kappa shape index (κ3) is 4.11. The van der Waals surface area contributed by atoms with E-state index in [-0.39, 0.29) is 16.5 Å². The van der Waals surface area contributed by atoms with Crippen molar-refractivity contribution in [3.63, 3.8) is 0 Å². The molecule has 1 amide bonds. The van der Waals surface area contributed by atoms with Crippen LogP contribution in [0.2, 0.25) is 0 Å². The van der Waals surface area contributed by atoms with E-state index in [0.29, 0.717) is 36.6 Å². The summed E-state index contributed by atoms with van der Waals surface area (Å²) >= 11 is 0. The van der Waals surface area contributed by atoms with Gasteiger partial charge in [0.15, 0.2) is 0 Å². The Bertz CT molecular complexity index is 635. The number of piperidine rings is 1. The molecule has 0 aromatic heterocycles. The highest BCUT2D eigenvalue weighted by molar-refractivity contribution is 5.80. The molecule has 0 spiro atoms. The minimum absolute atomic E-state index is 0.0540. The quantitative estimate of drug-likeness (QED) is 0.585. The Labute approximate surface area is 148 Å². The van der Waals surface area contributed by atoms with Gasteiger partial charge in [-0.1, -0.05) is 26.0 Å². The summed E-state index contributed by atoms with van der Waals surface area (Å²) in [4.78, 5) is 28.0. The summed E-state index contributed by atoms with van der Waals surface area (Å²) in [5, 5.41) is 11.2. The van der Waals surface area contributed by atoms with Crippen molar-refractivity contribution in [1.29, 1.82) is 0 Å². The number of carbonyl (C=O) groups excluding carboxylic acids is 1. The van der Waals surface area contributed by atoms with Gasteiger partial charge >= 0.3 is 0 Å². The Kier molecular flexibility index (Phi) is 5.25. The summed E-state index contributed by atoms with van der Waals surface area (Å²) in [5.74, 6) is 0.827. The molecule has 1 aromatic carbocycles. The predicted octanol–water partition coefficient (Wildman–Crippen LogP) is 3.46. The van der Waals surface area contributed by atoms with E-state index in [0.717, 1.165) is 32.2 Å². The fourth-order valence-corrected chi connectivity index (χ4v) is 3.69. The highest BCUT2D eigenvalue weighted by atomic mass is 16.6. The normalized spacial score (nSPS) is 18.4. The van der Waals surface area contributed by atoms with E-state index < -0.39 is 0 Å². The summed E-state index contributed by atoms with van der Waals surface area (Å²) in [7, 11) is 0. The van der Waals surface area contributed by atoms with Gasteiger partial charge in [0.25, 0.3) is 5.69 Å². The van der Waals surface area contributed by atoms with Crippen molar-refractivity contribution in [2.75, 3.05) is 24.5 Å². The molecular formula is C19H27N3O3. The number of anilines is 1. The van der Waals surface area contributed by atoms with E-state index in [9.17, 15) is 14.9 Å². The molecule has 1 saturated heterocycles. The minimum Gasteiger partial charge on any atom is -0.366 e. The van der Waals surface area contributed by atoms with Crippen LogP contribution in [0.5, 0.6) is 0 Å². The monoisotopic (exact) mass is 345 g/mol. The maximum absolute atomic E-state index is 12.9. The van der Waals surface area contributed by atoms with Crippen molar-refractivity contribution in [2.24, 2.45) is 11.8 Å². The first-order valence-corrected chi connectivity index (χ1v) is 9.26. The number of nitrogens with zero attached hydrogens (tertiary/aromatic N) is 3. The number of rotatable bonds is 6. The van der Waals surface area contributed by atoms with Crippen LogP contribution in [0.25, 0.3) is 0 Å². The van der Waals surface area contributed by atoms with Crippen LogP contribution in [0.3, 0.4) is 0 Å². The lowest BCUT2D eigenvalue weighted by Gasteiger charge is -2.35.